The van der Waals surface area contributed by atoms with Gasteiger partial charge in [-0.3, -0.25) is 14.2 Å². The van der Waals surface area contributed by atoms with Crippen molar-refractivity contribution in [1.29, 1.82) is 0 Å². The van der Waals surface area contributed by atoms with Crippen molar-refractivity contribution in [3.63, 3.8) is 0 Å². The molecule has 3 rings (SSSR count). The fraction of sp³-hybridized carbons (Fsp3) is 0.261. The van der Waals surface area contributed by atoms with Gasteiger partial charge in [0.1, 0.15) is 11.2 Å². The third-order valence-electron chi connectivity index (χ3n) is 4.50. The van der Waals surface area contributed by atoms with Gasteiger partial charge in [0.15, 0.2) is 0 Å². The molecule has 0 aliphatic heterocycles. The van der Waals surface area contributed by atoms with Crippen LogP contribution in [0.2, 0.25) is 0 Å². The molecule has 0 bridgehead atoms. The quantitative estimate of drug-likeness (QED) is 0.417. The van der Waals surface area contributed by atoms with Crippen molar-refractivity contribution >= 4 is 46.1 Å². The Morgan fingerprint density at radius 3 is 2.71 bits per heavy atom. The highest BCUT2D eigenvalue weighted by Crippen LogP contribution is 2.18. The number of hydrogen-bond donors (Lipinski definition) is 1. The molecule has 8 heteroatoms. The van der Waals surface area contributed by atoms with Gasteiger partial charge in [-0.05, 0) is 29.3 Å². The van der Waals surface area contributed by atoms with Crippen molar-refractivity contribution in [2.75, 3.05) is 26.9 Å². The fourth-order valence-electron chi connectivity index (χ4n) is 3.09. The molecule has 1 amide bonds. The Labute approximate surface area is 183 Å². The number of nitrogens with one attached hydrogen (secondary N) is 1. The lowest BCUT2D eigenvalue weighted by molar-refractivity contribution is -0.135. The number of rotatable bonds is 8. The van der Waals surface area contributed by atoms with Crippen molar-refractivity contribution in [2.45, 2.75) is 13.5 Å². The van der Waals surface area contributed by atoms with E-state index in [4.69, 9.17) is 9.47 Å². The van der Waals surface area contributed by atoms with Gasteiger partial charge in [-0.25, -0.2) is 4.79 Å². The van der Waals surface area contributed by atoms with E-state index in [1.807, 2.05) is 42.5 Å². The van der Waals surface area contributed by atoms with Crippen LogP contribution in [0.1, 0.15) is 12.5 Å². The first-order valence-corrected chi connectivity index (χ1v) is 10.7. The number of methoxy groups -OCH3 is 1. The summed E-state index contributed by atoms with van der Waals surface area (Å²) in [6.45, 7) is 2.42. The zero-order valence-corrected chi connectivity index (χ0v) is 18.2. The van der Waals surface area contributed by atoms with E-state index in [9.17, 15) is 14.4 Å². The van der Waals surface area contributed by atoms with Crippen molar-refractivity contribution < 1.29 is 19.1 Å². The van der Waals surface area contributed by atoms with Crippen molar-refractivity contribution in [1.82, 2.24) is 9.88 Å². The minimum Gasteiger partial charge on any atom is -0.463 e. The standard InChI is InChI=1S/C23H24N2O5S/c1-3-30-22(27)14-21-25(15-20(26)24-11-12-29-2)23(28)19(31-21)13-17-9-6-8-16-7-4-5-10-18(16)17/h4-10,13-14H,3,11-12,15H2,1-2H3,(H,24,26). The number of ether oxygens (including phenoxy) is 2. The Balaban J connectivity index is 2.08. The summed E-state index contributed by atoms with van der Waals surface area (Å²) in [6, 6.07) is 13.7. The molecule has 3 aromatic rings. The van der Waals surface area contributed by atoms with Gasteiger partial charge < -0.3 is 14.8 Å². The minimum atomic E-state index is -0.561. The van der Waals surface area contributed by atoms with E-state index in [1.54, 1.807) is 13.0 Å². The number of hydrogen-bond acceptors (Lipinski definition) is 6. The predicted octanol–water partition coefficient (Wildman–Crippen LogP) is 0.998. The number of thiazole rings is 1. The second-order valence-electron chi connectivity index (χ2n) is 6.65. The molecule has 0 fully saturated rings. The molecule has 7 nitrogen and oxygen atoms in total. The SMILES string of the molecule is CCOC(=O)C=c1sc(=Cc2cccc3ccccc23)c(=O)n1CC(=O)NCCOC. The number of aromatic nitrogens is 1. The third-order valence-corrected chi connectivity index (χ3v) is 5.56. The van der Waals surface area contributed by atoms with Crippen LogP contribution in [0.4, 0.5) is 0 Å². The van der Waals surface area contributed by atoms with E-state index in [2.05, 4.69) is 5.32 Å². The van der Waals surface area contributed by atoms with E-state index in [-0.39, 0.29) is 24.6 Å². The van der Waals surface area contributed by atoms with E-state index in [0.29, 0.717) is 22.3 Å². The molecule has 0 aliphatic carbocycles. The number of benzene rings is 2. The molecule has 0 aliphatic rings. The molecule has 0 atom stereocenters. The Morgan fingerprint density at radius 2 is 1.94 bits per heavy atom. The monoisotopic (exact) mass is 440 g/mol. The maximum atomic E-state index is 13.1. The van der Waals surface area contributed by atoms with Gasteiger partial charge in [0.25, 0.3) is 5.56 Å². The average molecular weight is 441 g/mol. The molecule has 0 unspecified atom stereocenters. The lowest BCUT2D eigenvalue weighted by Gasteiger charge is -2.05. The van der Waals surface area contributed by atoms with Crippen molar-refractivity contribution in [2.24, 2.45) is 0 Å². The van der Waals surface area contributed by atoms with Gasteiger partial charge in [0.2, 0.25) is 5.91 Å². The molecule has 0 saturated heterocycles. The molecule has 162 valence electrons. The maximum absolute atomic E-state index is 13.1. The number of carbonyl (C=O) groups excluding carboxylic acids is 2. The maximum Gasteiger partial charge on any atom is 0.333 e. The highest BCUT2D eigenvalue weighted by Gasteiger charge is 2.11. The normalized spacial score (nSPS) is 12.3. The Bertz CT molecular complexity index is 1250. The Kier molecular flexibility index (Phi) is 7.75. The minimum absolute atomic E-state index is 0.201. The number of amides is 1. The van der Waals surface area contributed by atoms with Crippen LogP contribution >= 0.6 is 11.3 Å². The highest BCUT2D eigenvalue weighted by atomic mass is 32.1. The van der Waals surface area contributed by atoms with Crippen LogP contribution in [-0.4, -0.2) is 43.3 Å². The van der Waals surface area contributed by atoms with E-state index < -0.39 is 5.97 Å². The Morgan fingerprint density at radius 1 is 1.16 bits per heavy atom. The zero-order chi connectivity index (χ0) is 22.2. The molecule has 1 N–H and O–H groups in total. The number of fused-ring (bicyclic) bond motifs is 1. The summed E-state index contributed by atoms with van der Waals surface area (Å²) >= 11 is 1.15. The summed E-state index contributed by atoms with van der Waals surface area (Å²) in [6.07, 6.45) is 3.04. The van der Waals surface area contributed by atoms with Crippen molar-refractivity contribution in [3.05, 3.63) is 67.6 Å². The van der Waals surface area contributed by atoms with E-state index >= 15 is 0 Å². The topological polar surface area (TPSA) is 86.6 Å². The predicted molar refractivity (Wildman–Crippen MR) is 121 cm³/mol. The second-order valence-corrected chi connectivity index (χ2v) is 7.71. The fourth-order valence-corrected chi connectivity index (χ4v) is 4.11. The molecular weight excluding hydrogens is 416 g/mol. The van der Waals surface area contributed by atoms with Crippen molar-refractivity contribution in [3.8, 4) is 0 Å². The molecular formula is C23H24N2O5S. The number of carbonyl (C=O) groups is 2. The molecule has 0 spiro atoms. The summed E-state index contributed by atoms with van der Waals surface area (Å²) in [5.74, 6) is -0.902. The Hall–Kier alpha value is -3.23. The molecule has 1 heterocycles. The smallest absolute Gasteiger partial charge is 0.333 e. The summed E-state index contributed by atoms with van der Waals surface area (Å²) in [4.78, 5) is 37.4. The van der Waals surface area contributed by atoms with Gasteiger partial charge in [-0.2, -0.15) is 0 Å². The van der Waals surface area contributed by atoms with Crippen LogP contribution in [0, 0.1) is 0 Å². The average Bonchev–Trinajstić information content (AvgIpc) is 3.03. The largest absolute Gasteiger partial charge is 0.463 e. The zero-order valence-electron chi connectivity index (χ0n) is 17.4. The first-order chi connectivity index (χ1) is 15.0. The van der Waals surface area contributed by atoms with Crippen LogP contribution in [0.25, 0.3) is 22.9 Å². The van der Waals surface area contributed by atoms with Gasteiger partial charge in [0.05, 0.1) is 23.8 Å². The van der Waals surface area contributed by atoms with Crippen LogP contribution in [-0.2, 0) is 25.6 Å². The summed E-state index contributed by atoms with van der Waals surface area (Å²) in [7, 11) is 1.54. The molecule has 0 radical (unpaired) electrons. The molecule has 2 aromatic carbocycles. The summed E-state index contributed by atoms with van der Waals surface area (Å²) in [5, 5.41) is 4.76. The molecule has 31 heavy (non-hydrogen) atoms. The number of esters is 1. The van der Waals surface area contributed by atoms with Crippen LogP contribution in [0.3, 0.4) is 0 Å². The van der Waals surface area contributed by atoms with E-state index in [1.165, 1.54) is 17.8 Å². The lowest BCUT2D eigenvalue weighted by atomic mass is 10.0. The second kappa shape index (κ2) is 10.7. The van der Waals surface area contributed by atoms with E-state index in [0.717, 1.165) is 27.7 Å². The highest BCUT2D eigenvalue weighted by molar-refractivity contribution is 7.07. The first kappa shape index (κ1) is 22.5. The van der Waals surface area contributed by atoms with Gasteiger partial charge in [-0.15, -0.1) is 11.3 Å². The number of nitrogens with zero attached hydrogens (tertiary/aromatic N) is 1. The van der Waals surface area contributed by atoms with Gasteiger partial charge in [-0.1, -0.05) is 42.5 Å². The van der Waals surface area contributed by atoms with Crippen LogP contribution in [0.5, 0.6) is 0 Å². The van der Waals surface area contributed by atoms with Gasteiger partial charge >= 0.3 is 5.97 Å². The van der Waals surface area contributed by atoms with Crippen LogP contribution < -0.4 is 20.1 Å². The van der Waals surface area contributed by atoms with Gasteiger partial charge in [0, 0.05) is 13.7 Å². The molecule has 1 aromatic heterocycles. The summed E-state index contributed by atoms with van der Waals surface area (Å²) in [5.41, 5.74) is 0.547. The van der Waals surface area contributed by atoms with Crippen LogP contribution in [0.15, 0.2) is 47.3 Å². The first-order valence-electron chi connectivity index (χ1n) is 9.86. The third kappa shape index (κ3) is 5.68. The summed E-state index contributed by atoms with van der Waals surface area (Å²) < 4.78 is 12.0. The lowest BCUT2D eigenvalue weighted by Crippen LogP contribution is -2.39. The molecule has 0 saturated carbocycles.